The van der Waals surface area contributed by atoms with Crippen LogP contribution in [0.4, 0.5) is 5.69 Å². The van der Waals surface area contributed by atoms with Crippen LogP contribution in [0.3, 0.4) is 0 Å². The fourth-order valence-corrected chi connectivity index (χ4v) is 4.06. The Hall–Kier alpha value is -0.800. The molecule has 0 fully saturated rings. The number of rotatable bonds is 9. The summed E-state index contributed by atoms with van der Waals surface area (Å²) in [5, 5.41) is 8.87. The van der Waals surface area contributed by atoms with Crippen LogP contribution in [0.15, 0.2) is 48.5 Å². The second-order valence-corrected chi connectivity index (χ2v) is 11.0. The van der Waals surface area contributed by atoms with Crippen molar-refractivity contribution in [1.82, 2.24) is 10.6 Å². The molecule has 1 unspecified atom stereocenters. The number of amides is 1. The van der Waals surface area contributed by atoms with Crippen LogP contribution in [0, 0.1) is 3.57 Å². The summed E-state index contributed by atoms with van der Waals surface area (Å²) in [5.41, 5.74) is 2.57. The number of aryl methyl sites for hydroxylation is 1. The SMILES string of the molecule is CCCCCCc1ccc(NC(=S)NC(NC(=O)c2ccccc2I)C(Cl)(Cl)Cl)cc1. The number of halogens is 4. The summed E-state index contributed by atoms with van der Waals surface area (Å²) in [6.07, 6.45) is 4.96. The lowest BCUT2D eigenvalue weighted by atomic mass is 10.1. The molecule has 0 spiro atoms. The van der Waals surface area contributed by atoms with Crippen LogP contribution in [0.25, 0.3) is 0 Å². The van der Waals surface area contributed by atoms with Gasteiger partial charge in [-0.25, -0.2) is 0 Å². The number of alkyl halides is 3. The average molecular weight is 613 g/mol. The van der Waals surface area contributed by atoms with Crippen LogP contribution < -0.4 is 16.0 Å². The van der Waals surface area contributed by atoms with Crippen LogP contribution in [-0.4, -0.2) is 21.0 Å². The number of hydrogen-bond acceptors (Lipinski definition) is 2. The Balaban J connectivity index is 1.95. The molecule has 0 radical (unpaired) electrons. The lowest BCUT2D eigenvalue weighted by Crippen LogP contribution is -2.56. The van der Waals surface area contributed by atoms with Crippen LogP contribution in [0.2, 0.25) is 0 Å². The summed E-state index contributed by atoms with van der Waals surface area (Å²) in [6, 6.07) is 15.2. The Bertz CT molecular complexity index is 875. The lowest BCUT2D eigenvalue weighted by Gasteiger charge is -2.28. The van der Waals surface area contributed by atoms with Crippen molar-refractivity contribution in [3.8, 4) is 0 Å². The Morgan fingerprint density at radius 1 is 1.03 bits per heavy atom. The summed E-state index contributed by atoms with van der Waals surface area (Å²) in [6.45, 7) is 2.21. The van der Waals surface area contributed by atoms with Gasteiger partial charge in [-0.1, -0.05) is 85.3 Å². The zero-order chi connectivity index (χ0) is 22.9. The largest absolute Gasteiger partial charge is 0.339 e. The first-order chi connectivity index (χ1) is 14.7. The van der Waals surface area contributed by atoms with Crippen LogP contribution in [-0.2, 0) is 6.42 Å². The molecule has 0 bridgehead atoms. The zero-order valence-corrected chi connectivity index (χ0v) is 22.3. The third-order valence-corrected chi connectivity index (χ3v) is 6.34. The molecule has 168 valence electrons. The molecular formula is C22H25Cl3IN3OS. The maximum Gasteiger partial charge on any atom is 0.254 e. The molecule has 2 rings (SSSR count). The van der Waals surface area contributed by atoms with E-state index in [2.05, 4.69) is 57.6 Å². The van der Waals surface area contributed by atoms with Crippen molar-refractivity contribution in [2.75, 3.05) is 5.32 Å². The fraction of sp³-hybridized carbons (Fsp3) is 0.364. The van der Waals surface area contributed by atoms with Gasteiger partial charge in [0.1, 0.15) is 6.17 Å². The van der Waals surface area contributed by atoms with Crippen molar-refractivity contribution in [2.24, 2.45) is 0 Å². The van der Waals surface area contributed by atoms with Crippen molar-refractivity contribution in [1.29, 1.82) is 0 Å². The minimum Gasteiger partial charge on any atom is -0.339 e. The fourth-order valence-electron chi connectivity index (χ4n) is 2.86. The molecule has 3 N–H and O–H groups in total. The Labute approximate surface area is 217 Å². The van der Waals surface area contributed by atoms with Gasteiger partial charge in [0.05, 0.1) is 5.56 Å². The first-order valence-electron chi connectivity index (χ1n) is 9.99. The molecule has 0 heterocycles. The molecule has 1 atom stereocenters. The molecule has 0 aromatic heterocycles. The first-order valence-corrected chi connectivity index (χ1v) is 12.6. The maximum atomic E-state index is 12.6. The summed E-state index contributed by atoms with van der Waals surface area (Å²) in [4.78, 5) is 12.6. The van der Waals surface area contributed by atoms with Crippen molar-refractivity contribution >= 4 is 86.3 Å². The van der Waals surface area contributed by atoms with Gasteiger partial charge in [0.25, 0.3) is 5.91 Å². The standard InChI is InChI=1S/C22H25Cl3IN3OS/c1-2-3-4-5-8-15-11-13-16(14-12-15)27-21(31)29-20(22(23,24)25)28-19(30)17-9-6-7-10-18(17)26/h6-7,9-14,20H,2-5,8H2,1H3,(H,28,30)(H2,27,29,31). The van der Waals surface area contributed by atoms with Gasteiger partial charge < -0.3 is 16.0 Å². The predicted molar refractivity (Wildman–Crippen MR) is 144 cm³/mol. The van der Waals surface area contributed by atoms with E-state index in [1.54, 1.807) is 12.1 Å². The summed E-state index contributed by atoms with van der Waals surface area (Å²) in [7, 11) is 0. The highest BCUT2D eigenvalue weighted by atomic mass is 127. The first kappa shape index (κ1) is 26.5. The monoisotopic (exact) mass is 611 g/mol. The van der Waals surface area contributed by atoms with Crippen molar-refractivity contribution in [2.45, 2.75) is 49.0 Å². The van der Waals surface area contributed by atoms with Crippen LogP contribution in [0.5, 0.6) is 0 Å². The number of hydrogen-bond donors (Lipinski definition) is 3. The molecule has 0 saturated carbocycles. The van der Waals surface area contributed by atoms with E-state index in [0.29, 0.717) is 5.56 Å². The molecular weight excluding hydrogens is 588 g/mol. The van der Waals surface area contributed by atoms with Crippen molar-refractivity contribution in [3.05, 3.63) is 63.2 Å². The number of carbonyl (C=O) groups is 1. The van der Waals surface area contributed by atoms with Gasteiger partial charge in [-0.15, -0.1) is 0 Å². The number of unbranched alkanes of at least 4 members (excludes halogenated alkanes) is 3. The maximum absolute atomic E-state index is 12.6. The summed E-state index contributed by atoms with van der Waals surface area (Å²) in [5.74, 6) is -0.371. The molecule has 31 heavy (non-hydrogen) atoms. The zero-order valence-electron chi connectivity index (χ0n) is 17.1. The van der Waals surface area contributed by atoms with E-state index >= 15 is 0 Å². The van der Waals surface area contributed by atoms with E-state index in [1.165, 1.54) is 31.2 Å². The second-order valence-electron chi connectivity index (χ2n) is 7.03. The third kappa shape index (κ3) is 9.30. The van der Waals surface area contributed by atoms with Gasteiger partial charge in [-0.05, 0) is 77.5 Å². The van der Waals surface area contributed by atoms with Crippen molar-refractivity contribution in [3.63, 3.8) is 0 Å². The average Bonchev–Trinajstić information content (AvgIpc) is 2.71. The number of nitrogens with one attached hydrogen (secondary N) is 3. The smallest absolute Gasteiger partial charge is 0.254 e. The topological polar surface area (TPSA) is 53.2 Å². The molecule has 0 aliphatic rings. The third-order valence-electron chi connectivity index (χ3n) is 4.53. The van der Waals surface area contributed by atoms with E-state index in [-0.39, 0.29) is 11.0 Å². The molecule has 2 aromatic carbocycles. The minimum atomic E-state index is -1.82. The highest BCUT2D eigenvalue weighted by Crippen LogP contribution is 2.29. The number of anilines is 1. The van der Waals surface area contributed by atoms with Gasteiger partial charge in [-0.2, -0.15) is 0 Å². The van der Waals surface area contributed by atoms with E-state index < -0.39 is 9.96 Å². The molecule has 0 aliphatic carbocycles. The van der Waals surface area contributed by atoms with Gasteiger partial charge in [-0.3, -0.25) is 4.79 Å². The number of carbonyl (C=O) groups excluding carboxylic acids is 1. The molecule has 9 heteroatoms. The lowest BCUT2D eigenvalue weighted by molar-refractivity contribution is 0.0933. The number of benzene rings is 2. The van der Waals surface area contributed by atoms with Gasteiger partial charge in [0.2, 0.25) is 3.79 Å². The highest BCUT2D eigenvalue weighted by Gasteiger charge is 2.35. The second kappa shape index (κ2) is 13.0. The van der Waals surface area contributed by atoms with E-state index in [4.69, 9.17) is 47.0 Å². The van der Waals surface area contributed by atoms with E-state index in [1.807, 2.05) is 24.3 Å². The predicted octanol–water partition coefficient (Wildman–Crippen LogP) is 6.83. The molecule has 4 nitrogen and oxygen atoms in total. The Kier molecular flexibility index (Phi) is 11.1. The van der Waals surface area contributed by atoms with E-state index in [9.17, 15) is 4.79 Å². The quantitative estimate of drug-likeness (QED) is 0.0956. The molecule has 1 amide bonds. The highest BCUT2D eigenvalue weighted by molar-refractivity contribution is 14.1. The Morgan fingerprint density at radius 3 is 2.32 bits per heavy atom. The van der Waals surface area contributed by atoms with Crippen molar-refractivity contribution < 1.29 is 4.79 Å². The summed E-state index contributed by atoms with van der Waals surface area (Å²) < 4.78 is -1.03. The minimum absolute atomic E-state index is 0.232. The molecule has 0 saturated heterocycles. The van der Waals surface area contributed by atoms with Gasteiger partial charge in [0.15, 0.2) is 5.11 Å². The van der Waals surface area contributed by atoms with E-state index in [0.717, 1.165) is 15.7 Å². The normalized spacial score (nSPS) is 12.2. The molecule has 2 aromatic rings. The summed E-state index contributed by atoms with van der Waals surface area (Å²) >= 11 is 25.7. The van der Waals surface area contributed by atoms with Gasteiger partial charge >= 0.3 is 0 Å². The van der Waals surface area contributed by atoms with Crippen LogP contribution >= 0.6 is 69.6 Å². The molecule has 0 aliphatic heterocycles. The Morgan fingerprint density at radius 2 is 1.71 bits per heavy atom. The van der Waals surface area contributed by atoms with Crippen LogP contribution in [0.1, 0.15) is 48.5 Å². The van der Waals surface area contributed by atoms with Gasteiger partial charge in [0, 0.05) is 9.26 Å². The number of thiocarbonyl (C=S) groups is 1.